The van der Waals surface area contributed by atoms with Crippen LogP contribution in [0.5, 0.6) is 0 Å². The van der Waals surface area contributed by atoms with Crippen molar-refractivity contribution in [3.05, 3.63) is 35.2 Å². The number of nitrogens with zero attached hydrogens (tertiary/aromatic N) is 3. The van der Waals surface area contributed by atoms with E-state index >= 15 is 0 Å². The Bertz CT molecular complexity index is 781. The molecular formula is C16H25N3Na4O6P2. The van der Waals surface area contributed by atoms with E-state index in [2.05, 4.69) is 22.5 Å². The SMILES string of the molecule is CC(C)=CCCC(C)=CCCn1cc(CC(C)(P(=O)([O-])[O-])P(=O)([O-])[O-])nn1.[Na+].[Na+].[Na+].[Na+]. The first kappa shape index (κ1) is 41.1. The Kier molecular flexibility index (Phi) is 24.1. The molecule has 0 radical (unpaired) electrons. The molecule has 154 valence electrons. The molecule has 0 fully saturated rings. The maximum atomic E-state index is 11.3. The summed E-state index contributed by atoms with van der Waals surface area (Å²) >= 11 is 0. The molecule has 0 aliphatic carbocycles. The standard InChI is InChI=1S/C16H29N3O6P2.4Na/c1-13(2)7-5-8-14(3)9-6-10-19-12-15(17-18-19)11-16(4,26(20,21)22)27(23,24)25;;;;/h7,9,12H,5-6,8,10-11H2,1-4H3,(H2,20,21,22)(H2,23,24,25);;;;/q;4*+1/p-4. The molecule has 15 heteroatoms. The van der Waals surface area contributed by atoms with E-state index in [1.54, 1.807) is 0 Å². The predicted molar refractivity (Wildman–Crippen MR) is 94.4 cm³/mol. The number of hydrogen-bond acceptors (Lipinski definition) is 8. The number of aryl methyl sites for hydroxylation is 1. The maximum Gasteiger partial charge on any atom is 1.00 e. The second-order valence-electron chi connectivity index (χ2n) is 7.02. The summed E-state index contributed by atoms with van der Waals surface area (Å²) < 4.78 is 24.1. The van der Waals surface area contributed by atoms with Gasteiger partial charge in [-0.15, -0.1) is 5.10 Å². The van der Waals surface area contributed by atoms with Gasteiger partial charge >= 0.3 is 118 Å². The Hall–Kier alpha value is 2.92. The van der Waals surface area contributed by atoms with Crippen molar-refractivity contribution in [3.63, 3.8) is 0 Å². The van der Waals surface area contributed by atoms with E-state index in [9.17, 15) is 28.7 Å². The van der Waals surface area contributed by atoms with Crippen molar-refractivity contribution in [2.75, 3.05) is 0 Å². The Morgan fingerprint density at radius 1 is 1.00 bits per heavy atom. The van der Waals surface area contributed by atoms with Gasteiger partial charge in [-0.05, 0) is 47.0 Å². The van der Waals surface area contributed by atoms with Crippen LogP contribution in [0.3, 0.4) is 0 Å². The minimum absolute atomic E-state index is 0. The second-order valence-corrected chi connectivity index (χ2v) is 11.3. The fourth-order valence-electron chi connectivity index (χ4n) is 2.35. The Balaban J connectivity index is -0.000000911. The third-order valence-corrected chi connectivity index (χ3v) is 8.37. The summed E-state index contributed by atoms with van der Waals surface area (Å²) in [6.45, 7) is 7.18. The van der Waals surface area contributed by atoms with Crippen LogP contribution >= 0.6 is 15.2 Å². The first-order valence-corrected chi connectivity index (χ1v) is 11.6. The van der Waals surface area contributed by atoms with Crippen LogP contribution in [0, 0.1) is 0 Å². The van der Waals surface area contributed by atoms with Gasteiger partial charge in [0, 0.05) is 24.1 Å². The van der Waals surface area contributed by atoms with Crippen molar-refractivity contribution >= 4 is 15.2 Å². The molecule has 9 nitrogen and oxygen atoms in total. The summed E-state index contributed by atoms with van der Waals surface area (Å²) in [4.78, 5) is 42.3. The van der Waals surface area contributed by atoms with Gasteiger partial charge in [0.05, 0.1) is 5.69 Å². The summed E-state index contributed by atoms with van der Waals surface area (Å²) in [6.07, 6.45) is 7.30. The summed E-state index contributed by atoms with van der Waals surface area (Å²) in [7, 11) is -11.4. The van der Waals surface area contributed by atoms with Gasteiger partial charge in [-0.25, -0.2) is 0 Å². The second kappa shape index (κ2) is 18.2. The maximum absolute atomic E-state index is 11.3. The zero-order valence-corrected chi connectivity index (χ0v) is 29.7. The number of rotatable bonds is 10. The molecule has 1 aromatic rings. The van der Waals surface area contributed by atoms with Gasteiger partial charge < -0.3 is 28.7 Å². The molecule has 1 aromatic heterocycles. The van der Waals surface area contributed by atoms with Crippen LogP contribution in [-0.2, 0) is 22.1 Å². The van der Waals surface area contributed by atoms with Crippen LogP contribution in [0.2, 0.25) is 0 Å². The quantitative estimate of drug-likeness (QED) is 0.171. The average Bonchev–Trinajstić information content (AvgIpc) is 2.91. The van der Waals surface area contributed by atoms with Crippen molar-refractivity contribution in [2.24, 2.45) is 0 Å². The zero-order chi connectivity index (χ0) is 20.9. The molecule has 1 rings (SSSR count). The van der Waals surface area contributed by atoms with Crippen molar-refractivity contribution < 1.29 is 147 Å². The van der Waals surface area contributed by atoms with Gasteiger partial charge in [0.2, 0.25) is 0 Å². The minimum atomic E-state index is -5.70. The normalized spacial score (nSPS) is 11.9. The number of aromatic nitrogens is 3. The van der Waals surface area contributed by atoms with E-state index in [0.29, 0.717) is 19.9 Å². The van der Waals surface area contributed by atoms with Gasteiger partial charge in [-0.1, -0.05) is 43.7 Å². The summed E-state index contributed by atoms with van der Waals surface area (Å²) in [5, 5.41) is 7.47. The molecule has 0 bridgehead atoms. The molecule has 0 saturated heterocycles. The van der Waals surface area contributed by atoms with Crippen LogP contribution < -0.4 is 138 Å². The third kappa shape index (κ3) is 14.3. The molecule has 0 N–H and O–H groups in total. The van der Waals surface area contributed by atoms with Gasteiger partial charge in [0.25, 0.3) is 0 Å². The van der Waals surface area contributed by atoms with Gasteiger partial charge in [0.1, 0.15) is 0 Å². The van der Waals surface area contributed by atoms with Gasteiger partial charge in [0.15, 0.2) is 0 Å². The van der Waals surface area contributed by atoms with E-state index in [1.165, 1.54) is 22.0 Å². The number of hydrogen-bond donors (Lipinski definition) is 0. The zero-order valence-electron chi connectivity index (χ0n) is 20.0. The average molecular weight is 509 g/mol. The van der Waals surface area contributed by atoms with Crippen molar-refractivity contribution in [1.29, 1.82) is 0 Å². The molecule has 0 atom stereocenters. The number of allylic oxidation sites excluding steroid dienone is 4. The molecule has 0 aliphatic rings. The van der Waals surface area contributed by atoms with E-state index < -0.39 is 26.5 Å². The molecule has 0 aromatic carbocycles. The van der Waals surface area contributed by atoms with Gasteiger partial charge in [-0.3, -0.25) is 4.68 Å². The first-order valence-electron chi connectivity index (χ1n) is 8.48. The summed E-state index contributed by atoms with van der Waals surface area (Å²) in [5.74, 6) is 0. The van der Waals surface area contributed by atoms with Crippen molar-refractivity contribution in [1.82, 2.24) is 15.0 Å². The third-order valence-electron chi connectivity index (χ3n) is 4.22. The predicted octanol–water partition coefficient (Wildman–Crippen LogP) is -11.5. The molecule has 31 heavy (non-hydrogen) atoms. The largest absolute Gasteiger partial charge is 1.00 e. The van der Waals surface area contributed by atoms with Crippen molar-refractivity contribution in [3.8, 4) is 0 Å². The topological polar surface area (TPSA) is 157 Å². The smallest absolute Gasteiger partial charge is 0.810 e. The fraction of sp³-hybridized carbons (Fsp3) is 0.625. The molecule has 1 heterocycles. The molecule has 0 spiro atoms. The van der Waals surface area contributed by atoms with E-state index in [4.69, 9.17) is 0 Å². The Morgan fingerprint density at radius 2 is 1.52 bits per heavy atom. The summed E-state index contributed by atoms with van der Waals surface area (Å²) in [5.41, 5.74) is 2.45. The van der Waals surface area contributed by atoms with E-state index in [1.807, 2.05) is 20.8 Å². The van der Waals surface area contributed by atoms with Crippen molar-refractivity contribution in [2.45, 2.75) is 64.8 Å². The van der Waals surface area contributed by atoms with Crippen LogP contribution in [-0.4, -0.2) is 19.9 Å². The van der Waals surface area contributed by atoms with Crippen LogP contribution in [0.25, 0.3) is 0 Å². The summed E-state index contributed by atoms with van der Waals surface area (Å²) in [6, 6.07) is 0. The Morgan fingerprint density at radius 3 is 1.97 bits per heavy atom. The molecule has 0 saturated carbocycles. The minimum Gasteiger partial charge on any atom is -0.810 e. The molecule has 0 aliphatic heterocycles. The fourth-order valence-corrected chi connectivity index (χ4v) is 4.26. The monoisotopic (exact) mass is 509 g/mol. The van der Waals surface area contributed by atoms with E-state index in [-0.39, 0.29) is 124 Å². The molecule has 0 unspecified atom stereocenters. The van der Waals surface area contributed by atoms with Gasteiger partial charge in [-0.2, -0.15) is 0 Å². The first-order chi connectivity index (χ1) is 12.3. The molecular weight excluding hydrogens is 484 g/mol. The van der Waals surface area contributed by atoms with Crippen LogP contribution in [0.1, 0.15) is 52.7 Å². The van der Waals surface area contributed by atoms with E-state index in [0.717, 1.165) is 12.8 Å². The van der Waals surface area contributed by atoms with Crippen LogP contribution in [0.15, 0.2) is 29.5 Å². The molecule has 0 amide bonds. The Labute approximate surface area is 273 Å². The van der Waals surface area contributed by atoms with Crippen LogP contribution in [0.4, 0.5) is 0 Å².